The van der Waals surface area contributed by atoms with Crippen LogP contribution in [0.15, 0.2) is 0 Å². The van der Waals surface area contributed by atoms with Gasteiger partial charge in [-0.3, -0.25) is 5.32 Å². The summed E-state index contributed by atoms with van der Waals surface area (Å²) >= 11 is 5.12. The number of rotatable bonds is 45. The smallest absolute Gasteiger partial charge is 0.387 e. The van der Waals surface area contributed by atoms with Gasteiger partial charge in [0, 0.05) is 12.7 Å². The second-order valence-electron chi connectivity index (χ2n) is 16.3. The summed E-state index contributed by atoms with van der Waals surface area (Å²) in [5, 5.41) is 3.64. The first-order valence-corrected chi connectivity index (χ1v) is 27.2. The van der Waals surface area contributed by atoms with Gasteiger partial charge in [-0.05, 0) is 39.2 Å². The molecule has 0 spiro atoms. The molecule has 3 unspecified atom stereocenters. The highest BCUT2D eigenvalue weighted by atomic mass is 32.3. The Balaban J connectivity index is 4.23. The van der Waals surface area contributed by atoms with Crippen molar-refractivity contribution in [2.45, 2.75) is 284 Å². The van der Waals surface area contributed by atoms with Crippen LogP contribution < -0.4 is 5.32 Å². The molecule has 52 heavy (non-hydrogen) atoms. The van der Waals surface area contributed by atoms with E-state index in [1.165, 1.54) is 205 Å². The number of unbranched alkanes of at least 4 members (excludes halogenated alkanes) is 31. The number of nitrogens with one attached hydrogen (secondary N) is 1. The van der Waals surface area contributed by atoms with Crippen LogP contribution in [0.5, 0.6) is 0 Å². The quantitative estimate of drug-likeness (QED) is 0.0280. The number of hydrogen-bond acceptors (Lipinski definition) is 5. The van der Waals surface area contributed by atoms with E-state index < -0.39 is 7.71 Å². The molecule has 1 N–H and O–H groups in total. The normalized spacial score (nSPS) is 14.2. The molecule has 6 heteroatoms. The molecule has 314 valence electrons. The summed E-state index contributed by atoms with van der Waals surface area (Å²) < 4.78 is 19.8. The third-order valence-corrected chi connectivity index (χ3v) is 14.6. The third kappa shape index (κ3) is 38.7. The zero-order chi connectivity index (χ0) is 38.1. The van der Waals surface area contributed by atoms with Gasteiger partial charge in [0.15, 0.2) is 6.29 Å². The molecule has 0 amide bonds. The van der Waals surface area contributed by atoms with Crippen LogP contribution in [0.1, 0.15) is 266 Å². The van der Waals surface area contributed by atoms with Crippen LogP contribution in [0.25, 0.3) is 0 Å². The van der Waals surface area contributed by atoms with Gasteiger partial charge in [-0.1, -0.05) is 233 Å². The van der Waals surface area contributed by atoms with Crippen LogP contribution in [-0.4, -0.2) is 33.4 Å². The molecule has 4 nitrogen and oxygen atoms in total. The third-order valence-electron chi connectivity index (χ3n) is 10.8. The molecule has 0 aromatic carbocycles. The summed E-state index contributed by atoms with van der Waals surface area (Å²) in [6, 6.07) is 0.908. The Morgan fingerprint density at radius 2 is 0.788 bits per heavy atom. The van der Waals surface area contributed by atoms with E-state index in [1.807, 2.05) is 0 Å². The highest BCUT2D eigenvalue weighted by molar-refractivity contribution is 8.12. The van der Waals surface area contributed by atoms with E-state index in [9.17, 15) is 0 Å². The molecule has 0 radical (unpaired) electrons. The molecular formula is C46H97NO3SSi. The van der Waals surface area contributed by atoms with Crippen LogP contribution in [0.4, 0.5) is 0 Å². The number of ether oxygens (including phenoxy) is 1. The van der Waals surface area contributed by atoms with Crippen molar-refractivity contribution >= 4 is 19.8 Å². The highest BCUT2D eigenvalue weighted by Crippen LogP contribution is 2.26. The van der Waals surface area contributed by atoms with E-state index in [1.54, 1.807) is 0 Å². The summed E-state index contributed by atoms with van der Waals surface area (Å²) in [6.45, 7) is 13.0. The zero-order valence-corrected chi connectivity index (χ0v) is 38.3. The van der Waals surface area contributed by atoms with E-state index >= 15 is 0 Å². The van der Waals surface area contributed by atoms with E-state index in [0.717, 1.165) is 44.9 Å². The first kappa shape index (κ1) is 52.4. The minimum Gasteiger partial charge on any atom is -0.387 e. The Morgan fingerprint density at radius 1 is 0.442 bits per heavy atom. The summed E-state index contributed by atoms with van der Waals surface area (Å²) in [6.07, 6.45) is 48.2. The molecule has 0 fully saturated rings. The van der Waals surface area contributed by atoms with Gasteiger partial charge in [0.1, 0.15) is 6.23 Å². The van der Waals surface area contributed by atoms with Crippen molar-refractivity contribution in [2.24, 2.45) is 0 Å². The van der Waals surface area contributed by atoms with Gasteiger partial charge in [0.25, 0.3) is 0 Å². The molecule has 0 bridgehead atoms. The lowest BCUT2D eigenvalue weighted by molar-refractivity contribution is -0.139. The van der Waals surface area contributed by atoms with Crippen LogP contribution in [0.2, 0.25) is 6.04 Å². The molecule has 0 saturated heterocycles. The van der Waals surface area contributed by atoms with E-state index in [4.69, 9.17) is 25.7 Å². The molecule has 0 aliphatic rings. The Morgan fingerprint density at radius 3 is 1.17 bits per heavy atom. The van der Waals surface area contributed by atoms with E-state index in [0.29, 0.717) is 0 Å². The molecule has 0 aromatic rings. The lowest BCUT2D eigenvalue weighted by Gasteiger charge is -2.32. The van der Waals surface area contributed by atoms with Crippen molar-refractivity contribution in [2.75, 3.05) is 13.2 Å². The van der Waals surface area contributed by atoms with Gasteiger partial charge in [0.05, 0.1) is 0 Å². The Kier molecular flexibility index (Phi) is 42.9. The first-order valence-electron chi connectivity index (χ1n) is 23.9. The second kappa shape index (κ2) is 42.5. The van der Waals surface area contributed by atoms with Crippen molar-refractivity contribution in [1.29, 1.82) is 0 Å². The minimum absolute atomic E-state index is 0.0222. The van der Waals surface area contributed by atoms with Crippen molar-refractivity contribution in [1.82, 2.24) is 5.32 Å². The van der Waals surface area contributed by atoms with Crippen molar-refractivity contribution in [3.63, 3.8) is 0 Å². The fraction of sp³-hybridized carbons (Fsp3) is 1.00. The van der Waals surface area contributed by atoms with E-state index in [2.05, 4.69) is 39.9 Å². The molecule has 3 atom stereocenters. The average molecular weight is 772 g/mol. The zero-order valence-electron chi connectivity index (χ0n) is 36.4. The molecule has 0 aromatic heterocycles. The molecule has 0 rings (SSSR count). The van der Waals surface area contributed by atoms with Gasteiger partial charge < -0.3 is 13.6 Å². The van der Waals surface area contributed by atoms with Gasteiger partial charge in [-0.25, -0.2) is 0 Å². The van der Waals surface area contributed by atoms with E-state index in [-0.39, 0.29) is 12.5 Å². The predicted octanol–water partition coefficient (Wildman–Crippen LogP) is 16.3. The maximum Gasteiger partial charge on any atom is 0.404 e. The topological polar surface area (TPSA) is 39.7 Å². The first-order chi connectivity index (χ1) is 25.5. The monoisotopic (exact) mass is 772 g/mol. The van der Waals surface area contributed by atoms with Crippen LogP contribution in [0.3, 0.4) is 0 Å². The van der Waals surface area contributed by atoms with Crippen molar-refractivity contribution < 1.29 is 13.6 Å². The lowest BCUT2D eigenvalue weighted by Crippen LogP contribution is -2.44. The van der Waals surface area contributed by atoms with Gasteiger partial charge in [-0.15, -0.1) is 12.1 Å². The fourth-order valence-electron chi connectivity index (χ4n) is 7.36. The number of thiol groups is 1. The Bertz CT molecular complexity index is 674. The molecule has 0 saturated carbocycles. The predicted molar refractivity (Wildman–Crippen MR) is 238 cm³/mol. The second-order valence-corrected chi connectivity index (χ2v) is 20.8. The maximum absolute atomic E-state index is 6.73. The van der Waals surface area contributed by atoms with Gasteiger partial charge >= 0.3 is 7.71 Å². The van der Waals surface area contributed by atoms with Gasteiger partial charge in [0.2, 0.25) is 0 Å². The minimum atomic E-state index is -2.59. The Hall–Kier alpha value is 0.407. The van der Waals surface area contributed by atoms with Crippen LogP contribution in [0, 0.1) is 0 Å². The summed E-state index contributed by atoms with van der Waals surface area (Å²) in [5.41, 5.74) is 0. The van der Waals surface area contributed by atoms with Crippen molar-refractivity contribution in [3.05, 3.63) is 0 Å². The summed E-state index contributed by atoms with van der Waals surface area (Å²) in [5.74, 6) is 0. The SMILES string of the molecule is CCCCCCCCCCCCCCCCCCCCCNC(C)OC(CCCCCCCCC)O[Si](S)(CCC)OCCCCCCCCCC. The van der Waals surface area contributed by atoms with Crippen molar-refractivity contribution in [3.8, 4) is 0 Å². The van der Waals surface area contributed by atoms with Crippen LogP contribution in [-0.2, 0) is 13.6 Å². The maximum atomic E-state index is 6.73. The molecule has 0 aliphatic heterocycles. The standard InChI is InChI=1S/C46H97NO3SSi/c1-6-10-13-16-19-21-22-23-24-25-26-27-28-29-30-31-33-36-39-42-47-45(5)49-46(41-38-35-32-18-15-12-8-3)50-52(51,44-9-4)48-43-40-37-34-20-17-14-11-7-2/h45-47,51H,6-44H2,1-5H3. The van der Waals surface area contributed by atoms with Gasteiger partial charge in [-0.2, -0.15) is 0 Å². The Labute approximate surface area is 334 Å². The number of hydrogen-bond donors (Lipinski definition) is 2. The molecule has 0 aliphatic carbocycles. The highest BCUT2D eigenvalue weighted by Gasteiger charge is 2.36. The summed E-state index contributed by atoms with van der Waals surface area (Å²) in [4.78, 5) is 0. The van der Waals surface area contributed by atoms with Crippen LogP contribution >= 0.6 is 12.1 Å². The average Bonchev–Trinajstić information content (AvgIpc) is 3.13. The fourth-order valence-corrected chi connectivity index (χ4v) is 10.7. The molecular weight excluding hydrogens is 675 g/mol. The largest absolute Gasteiger partial charge is 0.404 e. The molecule has 0 heterocycles. The lowest BCUT2D eigenvalue weighted by atomic mass is 10.0. The summed E-state index contributed by atoms with van der Waals surface area (Å²) in [7, 11) is -2.59.